The summed E-state index contributed by atoms with van der Waals surface area (Å²) in [5, 5.41) is 3.19. The van der Waals surface area contributed by atoms with Gasteiger partial charge in [0, 0.05) is 16.7 Å². The molecule has 2 nitrogen and oxygen atoms in total. The first-order valence-corrected chi connectivity index (χ1v) is 6.02. The van der Waals surface area contributed by atoms with E-state index in [9.17, 15) is 0 Å². The monoisotopic (exact) mass is 317 g/mol. The van der Waals surface area contributed by atoms with Crippen LogP contribution in [0.25, 0.3) is 0 Å². The van der Waals surface area contributed by atoms with Crippen LogP contribution in [0.15, 0.2) is 30.9 Å². The van der Waals surface area contributed by atoms with E-state index in [1.807, 2.05) is 12.1 Å². The van der Waals surface area contributed by atoms with Crippen LogP contribution in [0.3, 0.4) is 0 Å². The van der Waals surface area contributed by atoms with Crippen molar-refractivity contribution in [3.05, 3.63) is 40.0 Å². The average molecular weight is 317 g/mol. The van der Waals surface area contributed by atoms with Crippen LogP contribution < -0.4 is 10.1 Å². The van der Waals surface area contributed by atoms with Crippen molar-refractivity contribution in [2.45, 2.75) is 6.92 Å². The second-order valence-electron chi connectivity index (χ2n) is 3.25. The standard InChI is InChI=1S/C12H16INO/c1-3-6-14-7-8-15-12-5-4-11(13)9-10(12)2/h3-5,9,14H,1,6-8H2,2H3. The zero-order chi connectivity index (χ0) is 11.1. The van der Waals surface area contributed by atoms with Crippen molar-refractivity contribution in [1.82, 2.24) is 5.32 Å². The van der Waals surface area contributed by atoms with Gasteiger partial charge < -0.3 is 10.1 Å². The third-order valence-corrected chi connectivity index (χ3v) is 2.63. The Morgan fingerprint density at radius 2 is 2.33 bits per heavy atom. The molecule has 1 aromatic carbocycles. The fraction of sp³-hybridized carbons (Fsp3) is 0.333. The molecule has 3 heteroatoms. The molecule has 0 amide bonds. The van der Waals surface area contributed by atoms with Crippen LogP contribution in [0.5, 0.6) is 5.75 Å². The number of halogens is 1. The van der Waals surface area contributed by atoms with Gasteiger partial charge >= 0.3 is 0 Å². The minimum absolute atomic E-state index is 0.690. The van der Waals surface area contributed by atoms with Crippen molar-refractivity contribution in [3.8, 4) is 5.75 Å². The van der Waals surface area contributed by atoms with Crippen molar-refractivity contribution in [2.75, 3.05) is 19.7 Å². The molecule has 0 saturated heterocycles. The molecule has 82 valence electrons. The van der Waals surface area contributed by atoms with Crippen LogP contribution in [0.2, 0.25) is 0 Å². The third-order valence-electron chi connectivity index (χ3n) is 1.96. The molecule has 0 heterocycles. The Balaban J connectivity index is 2.34. The molecule has 0 aliphatic carbocycles. The van der Waals surface area contributed by atoms with Crippen molar-refractivity contribution in [3.63, 3.8) is 0 Å². The maximum atomic E-state index is 5.64. The summed E-state index contributed by atoms with van der Waals surface area (Å²) < 4.78 is 6.88. The van der Waals surface area contributed by atoms with Crippen LogP contribution >= 0.6 is 22.6 Å². The van der Waals surface area contributed by atoms with Gasteiger partial charge in [0.15, 0.2) is 0 Å². The van der Waals surface area contributed by atoms with Gasteiger partial charge in [0.2, 0.25) is 0 Å². The Morgan fingerprint density at radius 3 is 3.00 bits per heavy atom. The van der Waals surface area contributed by atoms with Crippen LogP contribution in [0.1, 0.15) is 5.56 Å². The Bertz CT molecular complexity index is 325. The topological polar surface area (TPSA) is 21.3 Å². The van der Waals surface area contributed by atoms with E-state index in [-0.39, 0.29) is 0 Å². The van der Waals surface area contributed by atoms with Gasteiger partial charge in [-0.1, -0.05) is 6.08 Å². The van der Waals surface area contributed by atoms with Gasteiger partial charge in [-0.3, -0.25) is 0 Å². The first-order chi connectivity index (χ1) is 7.24. The second-order valence-corrected chi connectivity index (χ2v) is 4.50. The van der Waals surface area contributed by atoms with E-state index in [1.165, 1.54) is 9.13 Å². The van der Waals surface area contributed by atoms with Gasteiger partial charge in [0.1, 0.15) is 12.4 Å². The summed E-state index contributed by atoms with van der Waals surface area (Å²) in [7, 11) is 0. The molecule has 15 heavy (non-hydrogen) atoms. The van der Waals surface area contributed by atoms with Gasteiger partial charge in [-0.15, -0.1) is 6.58 Å². The Morgan fingerprint density at radius 1 is 1.53 bits per heavy atom. The summed E-state index contributed by atoms with van der Waals surface area (Å²) in [6, 6.07) is 6.19. The molecule has 0 aliphatic rings. The lowest BCUT2D eigenvalue weighted by Gasteiger charge is -2.09. The maximum absolute atomic E-state index is 5.64. The largest absolute Gasteiger partial charge is 0.492 e. The normalized spacial score (nSPS) is 10.0. The first-order valence-electron chi connectivity index (χ1n) is 4.94. The summed E-state index contributed by atoms with van der Waals surface area (Å²) >= 11 is 2.30. The number of nitrogens with one attached hydrogen (secondary N) is 1. The van der Waals surface area contributed by atoms with Gasteiger partial charge in [-0.25, -0.2) is 0 Å². The molecular weight excluding hydrogens is 301 g/mol. The average Bonchev–Trinajstić information content (AvgIpc) is 2.20. The number of rotatable bonds is 6. The SMILES string of the molecule is C=CCNCCOc1ccc(I)cc1C. The number of benzene rings is 1. The molecule has 0 spiro atoms. The number of hydrogen-bond acceptors (Lipinski definition) is 2. The second kappa shape index (κ2) is 6.85. The van der Waals surface area contributed by atoms with Crippen molar-refractivity contribution >= 4 is 22.6 Å². The van der Waals surface area contributed by atoms with Crippen LogP contribution in [-0.2, 0) is 0 Å². The molecule has 0 unspecified atom stereocenters. The van der Waals surface area contributed by atoms with Gasteiger partial charge in [0.05, 0.1) is 0 Å². The summed E-state index contributed by atoms with van der Waals surface area (Å²) in [5.74, 6) is 0.968. The summed E-state index contributed by atoms with van der Waals surface area (Å²) in [6.45, 7) is 8.06. The lowest BCUT2D eigenvalue weighted by molar-refractivity contribution is 0.314. The van der Waals surface area contributed by atoms with E-state index in [2.05, 4.69) is 53.5 Å². The molecule has 0 aromatic heterocycles. The first kappa shape index (κ1) is 12.5. The van der Waals surface area contributed by atoms with E-state index in [4.69, 9.17) is 4.74 Å². The molecule has 0 atom stereocenters. The maximum Gasteiger partial charge on any atom is 0.122 e. The van der Waals surface area contributed by atoms with Crippen LogP contribution in [-0.4, -0.2) is 19.7 Å². The Labute approximate surface area is 105 Å². The molecular formula is C12H16INO. The predicted molar refractivity (Wildman–Crippen MR) is 72.5 cm³/mol. The van der Waals surface area contributed by atoms with E-state index < -0.39 is 0 Å². The van der Waals surface area contributed by atoms with E-state index >= 15 is 0 Å². The highest BCUT2D eigenvalue weighted by atomic mass is 127. The lowest BCUT2D eigenvalue weighted by atomic mass is 10.2. The summed E-state index contributed by atoms with van der Waals surface area (Å²) in [4.78, 5) is 0. The minimum atomic E-state index is 0.690. The highest BCUT2D eigenvalue weighted by Gasteiger charge is 1.98. The lowest BCUT2D eigenvalue weighted by Crippen LogP contribution is -2.20. The zero-order valence-corrected chi connectivity index (χ0v) is 11.1. The van der Waals surface area contributed by atoms with Gasteiger partial charge in [-0.05, 0) is 53.3 Å². The van der Waals surface area contributed by atoms with Gasteiger partial charge in [0.25, 0.3) is 0 Å². The van der Waals surface area contributed by atoms with Crippen LogP contribution in [0, 0.1) is 10.5 Å². The predicted octanol–water partition coefficient (Wildman–Crippen LogP) is 2.75. The number of hydrogen-bond donors (Lipinski definition) is 1. The van der Waals surface area contributed by atoms with Crippen molar-refractivity contribution < 1.29 is 4.74 Å². The van der Waals surface area contributed by atoms with Crippen molar-refractivity contribution in [2.24, 2.45) is 0 Å². The van der Waals surface area contributed by atoms with E-state index in [0.29, 0.717) is 6.61 Å². The quantitative estimate of drug-likeness (QED) is 0.495. The highest BCUT2D eigenvalue weighted by Crippen LogP contribution is 2.19. The molecule has 0 bridgehead atoms. The Hall–Kier alpha value is -0.550. The van der Waals surface area contributed by atoms with E-state index in [0.717, 1.165) is 18.8 Å². The Kier molecular flexibility index (Phi) is 5.71. The van der Waals surface area contributed by atoms with Crippen LogP contribution in [0.4, 0.5) is 0 Å². The fourth-order valence-electron chi connectivity index (χ4n) is 1.21. The number of ether oxygens (including phenoxy) is 1. The molecule has 1 aromatic rings. The molecule has 0 radical (unpaired) electrons. The molecule has 1 rings (SSSR count). The van der Waals surface area contributed by atoms with Gasteiger partial charge in [-0.2, -0.15) is 0 Å². The molecule has 0 aliphatic heterocycles. The molecule has 0 fully saturated rings. The minimum Gasteiger partial charge on any atom is -0.492 e. The van der Waals surface area contributed by atoms with Crippen molar-refractivity contribution in [1.29, 1.82) is 0 Å². The molecule has 0 saturated carbocycles. The number of aryl methyl sites for hydroxylation is 1. The molecule has 1 N–H and O–H groups in total. The fourth-order valence-corrected chi connectivity index (χ4v) is 1.86. The zero-order valence-electron chi connectivity index (χ0n) is 8.92. The third kappa shape index (κ3) is 4.66. The van der Waals surface area contributed by atoms with E-state index in [1.54, 1.807) is 0 Å². The highest BCUT2D eigenvalue weighted by molar-refractivity contribution is 14.1. The summed E-state index contributed by atoms with van der Waals surface area (Å²) in [5.41, 5.74) is 1.19. The smallest absolute Gasteiger partial charge is 0.122 e. The summed E-state index contributed by atoms with van der Waals surface area (Å²) in [6.07, 6.45) is 1.84.